The Morgan fingerprint density at radius 3 is 2.62 bits per heavy atom. The van der Waals surface area contributed by atoms with Crippen molar-refractivity contribution < 1.29 is 0 Å². The highest BCUT2D eigenvalue weighted by atomic mass is 35.5. The highest BCUT2D eigenvalue weighted by Crippen LogP contribution is 2.28. The fourth-order valence-corrected chi connectivity index (χ4v) is 2.90. The van der Waals surface area contributed by atoms with Gasteiger partial charge in [0.2, 0.25) is 0 Å². The number of rotatable bonds is 2. The summed E-state index contributed by atoms with van der Waals surface area (Å²) in [6.45, 7) is 6.24. The first-order chi connectivity index (χ1) is 7.45. The summed E-state index contributed by atoms with van der Waals surface area (Å²) in [5.74, 6) is 0.822. The maximum absolute atomic E-state index is 5.80. The zero-order chi connectivity index (χ0) is 11.8. The van der Waals surface area contributed by atoms with Crippen molar-refractivity contribution in [3.8, 4) is 0 Å². The molecule has 2 heterocycles. The monoisotopic (exact) mass is 274 g/mol. The minimum absolute atomic E-state index is 0.0354. The van der Waals surface area contributed by atoms with Gasteiger partial charge in [-0.25, -0.2) is 9.97 Å². The molecule has 2 aromatic heterocycles. The van der Waals surface area contributed by atoms with E-state index in [2.05, 4.69) is 35.8 Å². The van der Waals surface area contributed by atoms with E-state index in [4.69, 9.17) is 11.6 Å². The van der Waals surface area contributed by atoms with Gasteiger partial charge in [-0.3, -0.25) is 0 Å². The van der Waals surface area contributed by atoms with Crippen molar-refractivity contribution >= 4 is 34.9 Å². The third-order valence-electron chi connectivity index (χ3n) is 1.77. The predicted octanol–water partition coefficient (Wildman–Crippen LogP) is 3.24. The third-order valence-corrected chi connectivity index (χ3v) is 3.78. The van der Waals surface area contributed by atoms with Crippen molar-refractivity contribution in [2.75, 3.05) is 0 Å². The Hall–Kier alpha value is -0.590. The molecular weight excluding hydrogens is 264 g/mol. The largest absolute Gasteiger partial charge is 0.235 e. The van der Waals surface area contributed by atoms with Gasteiger partial charge in [0, 0.05) is 17.4 Å². The smallest absolute Gasteiger partial charge is 0.173 e. The lowest BCUT2D eigenvalue weighted by Crippen LogP contribution is -2.13. The molecule has 4 nitrogen and oxygen atoms in total. The van der Waals surface area contributed by atoms with Gasteiger partial charge in [-0.15, -0.1) is 5.10 Å². The van der Waals surface area contributed by atoms with Gasteiger partial charge in [0.05, 0.1) is 6.20 Å². The van der Waals surface area contributed by atoms with Crippen molar-refractivity contribution in [1.82, 2.24) is 19.2 Å². The second-order valence-corrected chi connectivity index (χ2v) is 7.11. The molecule has 0 radical (unpaired) electrons. The van der Waals surface area contributed by atoms with Gasteiger partial charge in [-0.1, -0.05) is 43.7 Å². The summed E-state index contributed by atoms with van der Waals surface area (Å²) in [7, 11) is 0. The van der Waals surface area contributed by atoms with Crippen molar-refractivity contribution in [1.29, 1.82) is 0 Å². The van der Waals surface area contributed by atoms with Crippen LogP contribution in [0.5, 0.6) is 0 Å². The number of thiazole rings is 1. The average molecular weight is 275 g/mol. The molecule has 0 atom stereocenters. The van der Waals surface area contributed by atoms with Gasteiger partial charge < -0.3 is 0 Å². The standard InChI is InChI=1S/C9H11ClN4S2/c1-9(2,3)7-12-5-14(13-7)16-8-11-4-6(10)15-8/h4-5H,1-3H3. The molecule has 2 aromatic rings. The first-order valence-corrected chi connectivity index (χ1v) is 6.64. The van der Waals surface area contributed by atoms with Crippen molar-refractivity contribution in [2.45, 2.75) is 30.5 Å². The number of hydrogen-bond donors (Lipinski definition) is 0. The Labute approximate surface area is 107 Å². The van der Waals surface area contributed by atoms with Crippen molar-refractivity contribution in [2.24, 2.45) is 0 Å². The number of hydrogen-bond acceptors (Lipinski definition) is 5. The highest BCUT2D eigenvalue weighted by molar-refractivity contribution is 7.99. The third kappa shape index (κ3) is 2.75. The maximum atomic E-state index is 5.80. The van der Waals surface area contributed by atoms with E-state index in [-0.39, 0.29) is 5.41 Å². The zero-order valence-electron chi connectivity index (χ0n) is 9.14. The Kier molecular flexibility index (Phi) is 3.23. The molecule has 0 unspecified atom stereocenters. The van der Waals surface area contributed by atoms with Gasteiger partial charge in [-0.05, 0) is 0 Å². The lowest BCUT2D eigenvalue weighted by atomic mass is 9.96. The molecule has 0 spiro atoms. The average Bonchev–Trinajstić information content (AvgIpc) is 2.74. The van der Waals surface area contributed by atoms with Gasteiger partial charge in [0.15, 0.2) is 10.2 Å². The lowest BCUT2D eigenvalue weighted by Gasteiger charge is -2.11. The number of aromatic nitrogens is 4. The van der Waals surface area contributed by atoms with Crippen LogP contribution in [0.15, 0.2) is 16.9 Å². The van der Waals surface area contributed by atoms with E-state index in [1.54, 1.807) is 16.6 Å². The first kappa shape index (κ1) is 11.9. The zero-order valence-corrected chi connectivity index (χ0v) is 11.5. The first-order valence-electron chi connectivity index (χ1n) is 4.67. The van der Waals surface area contributed by atoms with Crippen LogP contribution in [-0.2, 0) is 5.41 Å². The number of halogens is 1. The van der Waals surface area contributed by atoms with E-state index in [1.165, 1.54) is 23.3 Å². The van der Waals surface area contributed by atoms with Crippen LogP contribution >= 0.6 is 34.9 Å². The molecule has 0 saturated carbocycles. The SMILES string of the molecule is CC(C)(C)c1ncn(Sc2ncc(Cl)s2)n1. The summed E-state index contributed by atoms with van der Waals surface area (Å²) in [4.78, 5) is 8.41. The van der Waals surface area contributed by atoms with Crippen LogP contribution < -0.4 is 0 Å². The molecule has 2 rings (SSSR count). The summed E-state index contributed by atoms with van der Waals surface area (Å²) >= 11 is 8.64. The van der Waals surface area contributed by atoms with E-state index >= 15 is 0 Å². The minimum atomic E-state index is -0.0354. The molecule has 0 aliphatic carbocycles. The molecule has 7 heteroatoms. The Morgan fingerprint density at radius 2 is 2.12 bits per heavy atom. The molecule has 0 bridgehead atoms. The van der Waals surface area contributed by atoms with Crippen molar-refractivity contribution in [3.05, 3.63) is 22.7 Å². The van der Waals surface area contributed by atoms with E-state index in [1.807, 2.05) is 0 Å². The molecule has 0 saturated heterocycles. The molecule has 86 valence electrons. The van der Waals surface area contributed by atoms with Crippen LogP contribution in [-0.4, -0.2) is 19.2 Å². The van der Waals surface area contributed by atoms with E-state index in [9.17, 15) is 0 Å². The van der Waals surface area contributed by atoms with E-state index in [0.717, 1.165) is 10.2 Å². The molecular formula is C9H11ClN4S2. The quantitative estimate of drug-likeness (QED) is 0.843. The van der Waals surface area contributed by atoms with Crippen LogP contribution in [0.3, 0.4) is 0 Å². The van der Waals surface area contributed by atoms with Crippen molar-refractivity contribution in [3.63, 3.8) is 0 Å². The molecule has 0 amide bonds. The van der Waals surface area contributed by atoms with Crippen LogP contribution in [0.1, 0.15) is 26.6 Å². The van der Waals surface area contributed by atoms with E-state index < -0.39 is 0 Å². The maximum Gasteiger partial charge on any atom is 0.173 e. The Bertz CT molecular complexity index is 486. The highest BCUT2D eigenvalue weighted by Gasteiger charge is 2.19. The topological polar surface area (TPSA) is 43.6 Å². The Balaban J connectivity index is 2.14. The normalized spacial score (nSPS) is 12.0. The van der Waals surface area contributed by atoms with Gasteiger partial charge in [-0.2, -0.15) is 4.09 Å². The van der Waals surface area contributed by atoms with Crippen LogP contribution in [0.2, 0.25) is 4.34 Å². The summed E-state index contributed by atoms with van der Waals surface area (Å²) in [6.07, 6.45) is 3.33. The summed E-state index contributed by atoms with van der Waals surface area (Å²) in [5.41, 5.74) is -0.0354. The predicted molar refractivity (Wildman–Crippen MR) is 67.1 cm³/mol. The minimum Gasteiger partial charge on any atom is -0.235 e. The summed E-state index contributed by atoms with van der Waals surface area (Å²) < 4.78 is 3.24. The van der Waals surface area contributed by atoms with Gasteiger partial charge >= 0.3 is 0 Å². The van der Waals surface area contributed by atoms with Crippen LogP contribution in [0.25, 0.3) is 0 Å². The summed E-state index contributed by atoms with van der Waals surface area (Å²) in [6, 6.07) is 0. The second-order valence-electron chi connectivity index (χ2n) is 4.24. The van der Waals surface area contributed by atoms with Crippen LogP contribution in [0.4, 0.5) is 0 Å². The number of nitrogens with zero attached hydrogens (tertiary/aromatic N) is 4. The molecule has 0 N–H and O–H groups in total. The molecule has 16 heavy (non-hydrogen) atoms. The molecule has 0 aliphatic rings. The second kappa shape index (κ2) is 4.35. The summed E-state index contributed by atoms with van der Waals surface area (Å²) in [5, 5.41) is 4.38. The molecule has 0 aliphatic heterocycles. The van der Waals surface area contributed by atoms with Gasteiger partial charge in [0.1, 0.15) is 10.7 Å². The molecule has 0 aromatic carbocycles. The lowest BCUT2D eigenvalue weighted by molar-refractivity contribution is 0.546. The fourth-order valence-electron chi connectivity index (χ4n) is 0.998. The Morgan fingerprint density at radius 1 is 1.38 bits per heavy atom. The van der Waals surface area contributed by atoms with Gasteiger partial charge in [0.25, 0.3) is 0 Å². The van der Waals surface area contributed by atoms with Crippen LogP contribution in [0, 0.1) is 0 Å². The fraction of sp³-hybridized carbons (Fsp3) is 0.444. The molecule has 0 fully saturated rings. The van der Waals surface area contributed by atoms with E-state index in [0.29, 0.717) is 4.34 Å².